The molecule has 0 radical (unpaired) electrons. The van der Waals surface area contributed by atoms with Gasteiger partial charge in [0, 0.05) is 6.54 Å². The van der Waals surface area contributed by atoms with Crippen LogP contribution < -0.4 is 0 Å². The van der Waals surface area contributed by atoms with Crippen molar-refractivity contribution < 1.29 is 9.90 Å². The first kappa shape index (κ1) is 15.9. The van der Waals surface area contributed by atoms with Gasteiger partial charge in [-0.25, -0.2) is 9.48 Å². The Hall–Kier alpha value is -2.43. The monoisotopic (exact) mass is 299 g/mol. The highest BCUT2D eigenvalue weighted by molar-refractivity contribution is 5.90. The predicted octanol–water partition coefficient (Wildman–Crippen LogP) is 3.50. The number of benzene rings is 1. The van der Waals surface area contributed by atoms with Crippen molar-refractivity contribution in [2.75, 3.05) is 0 Å². The smallest absolute Gasteiger partial charge is 0.358 e. The minimum absolute atomic E-state index is 0.00730. The summed E-state index contributed by atoms with van der Waals surface area (Å²) in [5.41, 5.74) is 2.73. The average Bonchev–Trinajstić information content (AvgIpc) is 2.87. The molecule has 0 amide bonds. The molecule has 0 aliphatic rings. The van der Waals surface area contributed by atoms with E-state index in [4.69, 9.17) is 0 Å². The van der Waals surface area contributed by atoms with Gasteiger partial charge < -0.3 is 5.11 Å². The Kier molecular flexibility index (Phi) is 5.09. The fourth-order valence-electron chi connectivity index (χ4n) is 2.04. The van der Waals surface area contributed by atoms with Crippen LogP contribution in [-0.2, 0) is 6.54 Å². The zero-order valence-corrected chi connectivity index (χ0v) is 13.2. The highest BCUT2D eigenvalue weighted by atomic mass is 16.4. The van der Waals surface area contributed by atoms with E-state index in [-0.39, 0.29) is 5.69 Å². The maximum absolute atomic E-state index is 11.3. The van der Waals surface area contributed by atoms with Crippen LogP contribution in [0, 0.1) is 12.8 Å². The molecule has 116 valence electrons. The number of aromatic carboxylic acids is 1. The molecule has 22 heavy (non-hydrogen) atoms. The van der Waals surface area contributed by atoms with Crippen LogP contribution in [0.1, 0.15) is 47.6 Å². The largest absolute Gasteiger partial charge is 0.476 e. The summed E-state index contributed by atoms with van der Waals surface area (Å²) < 4.78 is 1.66. The molecule has 0 saturated heterocycles. The third-order valence-electron chi connectivity index (χ3n) is 3.41. The Bertz CT molecular complexity index is 670. The third kappa shape index (κ3) is 4.04. The van der Waals surface area contributed by atoms with Crippen LogP contribution in [0.3, 0.4) is 0 Å². The van der Waals surface area contributed by atoms with E-state index >= 15 is 0 Å². The van der Waals surface area contributed by atoms with Gasteiger partial charge in [0.2, 0.25) is 0 Å². The number of rotatable bonds is 6. The summed E-state index contributed by atoms with van der Waals surface area (Å²) in [5, 5.41) is 17.0. The fourth-order valence-corrected chi connectivity index (χ4v) is 2.04. The van der Waals surface area contributed by atoms with Crippen LogP contribution in [0.4, 0.5) is 0 Å². The molecule has 0 aliphatic heterocycles. The average molecular weight is 299 g/mol. The molecule has 5 heteroatoms. The molecule has 1 N–H and O–H groups in total. The Morgan fingerprint density at radius 3 is 2.55 bits per heavy atom. The number of aromatic nitrogens is 3. The van der Waals surface area contributed by atoms with Crippen molar-refractivity contribution >= 4 is 18.1 Å². The first-order valence-electron chi connectivity index (χ1n) is 7.39. The van der Waals surface area contributed by atoms with E-state index < -0.39 is 5.97 Å². The molecule has 0 saturated carbocycles. The quantitative estimate of drug-likeness (QED) is 0.886. The topological polar surface area (TPSA) is 68.0 Å². The van der Waals surface area contributed by atoms with Gasteiger partial charge >= 0.3 is 5.97 Å². The molecular weight excluding hydrogens is 278 g/mol. The van der Waals surface area contributed by atoms with Crippen LogP contribution in [0.15, 0.2) is 24.3 Å². The van der Waals surface area contributed by atoms with Crippen molar-refractivity contribution in [3.8, 4) is 0 Å². The van der Waals surface area contributed by atoms with Crippen LogP contribution in [0.5, 0.6) is 0 Å². The molecule has 0 atom stereocenters. The van der Waals surface area contributed by atoms with Crippen LogP contribution in [0.25, 0.3) is 12.2 Å². The SMILES string of the molecule is Cc1ccc(/C=C/c2c(C(=O)O)nnn2CCC(C)C)cc1. The third-order valence-corrected chi connectivity index (χ3v) is 3.41. The zero-order chi connectivity index (χ0) is 16.1. The minimum Gasteiger partial charge on any atom is -0.476 e. The second kappa shape index (κ2) is 7.02. The molecule has 5 nitrogen and oxygen atoms in total. The molecule has 0 bridgehead atoms. The van der Waals surface area contributed by atoms with E-state index in [2.05, 4.69) is 24.2 Å². The highest BCUT2D eigenvalue weighted by Crippen LogP contribution is 2.14. The predicted molar refractivity (Wildman–Crippen MR) is 86.5 cm³/mol. The van der Waals surface area contributed by atoms with Gasteiger partial charge in [0.05, 0.1) is 5.69 Å². The van der Waals surface area contributed by atoms with E-state index in [1.165, 1.54) is 5.56 Å². The van der Waals surface area contributed by atoms with Gasteiger partial charge in [-0.2, -0.15) is 0 Å². The Morgan fingerprint density at radius 2 is 1.95 bits per heavy atom. The summed E-state index contributed by atoms with van der Waals surface area (Å²) >= 11 is 0. The Labute approximate surface area is 130 Å². The number of carboxylic acid groups (broad SMARTS) is 1. The molecule has 1 heterocycles. The lowest BCUT2D eigenvalue weighted by Crippen LogP contribution is -2.07. The van der Waals surface area contributed by atoms with Crippen molar-refractivity contribution in [2.45, 2.75) is 33.7 Å². The normalized spacial score (nSPS) is 11.5. The number of nitrogens with zero attached hydrogens (tertiary/aromatic N) is 3. The molecule has 2 aromatic rings. The van der Waals surface area contributed by atoms with Crippen LogP contribution >= 0.6 is 0 Å². The number of aryl methyl sites for hydroxylation is 2. The Morgan fingerprint density at radius 1 is 1.27 bits per heavy atom. The first-order chi connectivity index (χ1) is 10.5. The van der Waals surface area contributed by atoms with Gasteiger partial charge in [0.1, 0.15) is 0 Å². The Balaban J connectivity index is 2.28. The van der Waals surface area contributed by atoms with Gasteiger partial charge in [-0.15, -0.1) is 5.10 Å². The lowest BCUT2D eigenvalue weighted by Gasteiger charge is -2.06. The minimum atomic E-state index is -1.06. The highest BCUT2D eigenvalue weighted by Gasteiger charge is 2.16. The fraction of sp³-hybridized carbons (Fsp3) is 0.353. The van der Waals surface area contributed by atoms with Gasteiger partial charge in [0.25, 0.3) is 0 Å². The van der Waals surface area contributed by atoms with E-state index in [0.29, 0.717) is 18.2 Å². The van der Waals surface area contributed by atoms with E-state index in [1.807, 2.05) is 37.3 Å². The van der Waals surface area contributed by atoms with Crippen LogP contribution in [-0.4, -0.2) is 26.1 Å². The summed E-state index contributed by atoms with van der Waals surface area (Å²) in [6.07, 6.45) is 4.58. The molecule has 0 spiro atoms. The van der Waals surface area contributed by atoms with Crippen LogP contribution in [0.2, 0.25) is 0 Å². The van der Waals surface area contributed by atoms with Crippen molar-refractivity contribution in [3.05, 3.63) is 46.8 Å². The molecular formula is C17H21N3O2. The first-order valence-corrected chi connectivity index (χ1v) is 7.39. The second-order valence-electron chi connectivity index (χ2n) is 5.78. The van der Waals surface area contributed by atoms with Gasteiger partial charge in [-0.3, -0.25) is 0 Å². The van der Waals surface area contributed by atoms with Crippen molar-refractivity contribution in [3.63, 3.8) is 0 Å². The lowest BCUT2D eigenvalue weighted by molar-refractivity contribution is 0.0690. The number of hydrogen-bond acceptors (Lipinski definition) is 3. The zero-order valence-electron chi connectivity index (χ0n) is 13.2. The van der Waals surface area contributed by atoms with Crippen molar-refractivity contribution in [1.29, 1.82) is 0 Å². The molecule has 0 unspecified atom stereocenters. The van der Waals surface area contributed by atoms with Crippen molar-refractivity contribution in [2.24, 2.45) is 5.92 Å². The number of carbonyl (C=O) groups is 1. The standard InChI is InChI=1S/C17H21N3O2/c1-12(2)10-11-20-15(16(17(21)22)18-19-20)9-8-14-6-4-13(3)5-7-14/h4-9,12H,10-11H2,1-3H3,(H,21,22)/b9-8+. The maximum Gasteiger partial charge on any atom is 0.358 e. The summed E-state index contributed by atoms with van der Waals surface area (Å²) in [4.78, 5) is 11.3. The second-order valence-corrected chi connectivity index (χ2v) is 5.78. The summed E-state index contributed by atoms with van der Waals surface area (Å²) in [5.74, 6) is -0.536. The van der Waals surface area contributed by atoms with Gasteiger partial charge in [0.15, 0.2) is 5.69 Å². The van der Waals surface area contributed by atoms with E-state index in [0.717, 1.165) is 12.0 Å². The van der Waals surface area contributed by atoms with Gasteiger partial charge in [-0.1, -0.05) is 55.0 Å². The van der Waals surface area contributed by atoms with Crippen molar-refractivity contribution in [1.82, 2.24) is 15.0 Å². The number of hydrogen-bond donors (Lipinski definition) is 1. The van der Waals surface area contributed by atoms with Gasteiger partial charge in [-0.05, 0) is 30.9 Å². The summed E-state index contributed by atoms with van der Waals surface area (Å²) in [7, 11) is 0. The molecule has 2 rings (SSSR count). The summed E-state index contributed by atoms with van der Waals surface area (Å²) in [6, 6.07) is 8.03. The van der Waals surface area contributed by atoms with E-state index in [9.17, 15) is 9.90 Å². The summed E-state index contributed by atoms with van der Waals surface area (Å²) in [6.45, 7) is 6.93. The molecule has 1 aromatic carbocycles. The number of carboxylic acids is 1. The maximum atomic E-state index is 11.3. The molecule has 1 aromatic heterocycles. The lowest BCUT2D eigenvalue weighted by atomic mass is 10.1. The molecule has 0 aliphatic carbocycles. The molecule has 0 fully saturated rings. The van der Waals surface area contributed by atoms with E-state index in [1.54, 1.807) is 10.8 Å².